The second-order valence-corrected chi connectivity index (χ2v) is 8.04. The van der Waals surface area contributed by atoms with Crippen molar-refractivity contribution in [2.24, 2.45) is 0 Å². The first-order chi connectivity index (χ1) is 9.64. The van der Waals surface area contributed by atoms with Gasteiger partial charge in [0.25, 0.3) is 0 Å². The topological polar surface area (TPSA) is 46.6 Å². The maximum atomic E-state index is 13.1. The van der Waals surface area contributed by atoms with Crippen LogP contribution in [0.4, 0.5) is 0 Å². The van der Waals surface area contributed by atoms with Gasteiger partial charge in [-0.1, -0.05) is 6.07 Å². The van der Waals surface area contributed by atoms with Crippen LogP contribution >= 0.6 is 0 Å². The summed E-state index contributed by atoms with van der Waals surface area (Å²) in [4.78, 5) is 0.473. The van der Waals surface area contributed by atoms with E-state index in [2.05, 4.69) is 0 Å². The van der Waals surface area contributed by atoms with E-state index in [1.54, 1.807) is 4.31 Å². The molecule has 1 aliphatic heterocycles. The molecule has 1 heterocycles. The summed E-state index contributed by atoms with van der Waals surface area (Å²) in [6, 6.07) is 2.05. The van der Waals surface area contributed by atoms with Gasteiger partial charge in [-0.25, -0.2) is 8.42 Å². The van der Waals surface area contributed by atoms with Crippen LogP contribution in [0.15, 0.2) is 11.0 Å². The van der Waals surface area contributed by atoms with E-state index in [1.807, 2.05) is 47.6 Å². The molecule has 0 bridgehead atoms. The van der Waals surface area contributed by atoms with Gasteiger partial charge in [0.2, 0.25) is 10.0 Å². The lowest BCUT2D eigenvalue weighted by molar-refractivity contribution is -0.0441. The molecule has 0 aliphatic carbocycles. The van der Waals surface area contributed by atoms with Gasteiger partial charge in [-0.05, 0) is 63.8 Å². The summed E-state index contributed by atoms with van der Waals surface area (Å²) in [6.45, 7) is 12.4. The van der Waals surface area contributed by atoms with Crippen molar-refractivity contribution in [2.75, 3.05) is 13.1 Å². The molecule has 5 heteroatoms. The van der Waals surface area contributed by atoms with Crippen molar-refractivity contribution in [3.05, 3.63) is 28.3 Å². The zero-order chi connectivity index (χ0) is 15.9. The minimum Gasteiger partial charge on any atom is -0.373 e. The van der Waals surface area contributed by atoms with Crippen LogP contribution in [0.3, 0.4) is 0 Å². The molecule has 1 aromatic carbocycles. The van der Waals surface area contributed by atoms with Crippen LogP contribution in [0, 0.1) is 27.7 Å². The smallest absolute Gasteiger partial charge is 0.243 e. The second-order valence-electron chi connectivity index (χ2n) is 6.17. The zero-order valence-corrected chi connectivity index (χ0v) is 14.5. The largest absolute Gasteiger partial charge is 0.373 e. The standard InChI is InChI=1S/C16H25NO3S/c1-10-7-11(2)15(6)16(14(10)5)21(18,19)17-8-12(3)20-13(4)9-17/h7,12-13H,8-9H2,1-6H3/t12-,13+. The van der Waals surface area contributed by atoms with Gasteiger partial charge in [0.15, 0.2) is 0 Å². The lowest BCUT2D eigenvalue weighted by atomic mass is 10.0. The number of ether oxygens (including phenoxy) is 1. The lowest BCUT2D eigenvalue weighted by Gasteiger charge is -2.35. The predicted molar refractivity (Wildman–Crippen MR) is 84.2 cm³/mol. The molecule has 0 saturated carbocycles. The van der Waals surface area contributed by atoms with Crippen molar-refractivity contribution < 1.29 is 13.2 Å². The molecule has 0 aromatic heterocycles. The van der Waals surface area contributed by atoms with Gasteiger partial charge < -0.3 is 4.74 Å². The minimum absolute atomic E-state index is 0.0740. The van der Waals surface area contributed by atoms with Crippen LogP contribution in [0.1, 0.15) is 36.1 Å². The Hall–Kier alpha value is -0.910. The Balaban J connectivity index is 2.55. The van der Waals surface area contributed by atoms with Crippen LogP contribution in [0.2, 0.25) is 0 Å². The number of hydrogen-bond donors (Lipinski definition) is 0. The summed E-state index contributed by atoms with van der Waals surface area (Å²) >= 11 is 0. The summed E-state index contributed by atoms with van der Waals surface area (Å²) in [5.74, 6) is 0. The monoisotopic (exact) mass is 311 g/mol. The van der Waals surface area contributed by atoms with E-state index in [0.29, 0.717) is 18.0 Å². The summed E-state index contributed by atoms with van der Waals surface area (Å²) < 4.78 is 33.4. The molecule has 118 valence electrons. The van der Waals surface area contributed by atoms with E-state index in [-0.39, 0.29) is 12.2 Å². The van der Waals surface area contributed by atoms with Gasteiger partial charge >= 0.3 is 0 Å². The SMILES string of the molecule is Cc1cc(C)c(C)c(S(=O)(=O)N2C[C@@H](C)O[C@@H](C)C2)c1C. The number of nitrogens with zero attached hydrogens (tertiary/aromatic N) is 1. The van der Waals surface area contributed by atoms with Gasteiger partial charge in [-0.3, -0.25) is 0 Å². The van der Waals surface area contributed by atoms with E-state index in [1.165, 1.54) is 0 Å². The summed E-state index contributed by atoms with van der Waals surface area (Å²) in [6.07, 6.45) is -0.148. The van der Waals surface area contributed by atoms with Gasteiger partial charge in [-0.2, -0.15) is 4.31 Å². The van der Waals surface area contributed by atoms with Gasteiger partial charge in [0, 0.05) is 13.1 Å². The Morgan fingerprint density at radius 2 is 1.43 bits per heavy atom. The Morgan fingerprint density at radius 3 is 1.86 bits per heavy atom. The molecule has 21 heavy (non-hydrogen) atoms. The van der Waals surface area contributed by atoms with E-state index in [9.17, 15) is 8.42 Å². The average Bonchev–Trinajstić information content (AvgIpc) is 2.35. The molecule has 1 saturated heterocycles. The molecule has 0 amide bonds. The number of morpholine rings is 1. The normalized spacial score (nSPS) is 24.3. The molecular weight excluding hydrogens is 286 g/mol. The third-order valence-electron chi connectivity index (χ3n) is 4.28. The number of benzene rings is 1. The third kappa shape index (κ3) is 3.00. The van der Waals surface area contributed by atoms with Crippen LogP contribution in [-0.4, -0.2) is 38.0 Å². The maximum Gasteiger partial charge on any atom is 0.243 e. The van der Waals surface area contributed by atoms with Gasteiger partial charge in [-0.15, -0.1) is 0 Å². The molecule has 1 aliphatic rings. The third-order valence-corrected chi connectivity index (χ3v) is 6.39. The predicted octanol–water partition coefficient (Wildman–Crippen LogP) is 2.72. The molecule has 1 fully saturated rings. The number of sulfonamides is 1. The Labute approximate surface area is 128 Å². The second kappa shape index (κ2) is 5.71. The first kappa shape index (κ1) is 16.5. The molecule has 0 N–H and O–H groups in total. The fourth-order valence-corrected chi connectivity index (χ4v) is 5.19. The number of aryl methyl sites for hydroxylation is 2. The Morgan fingerprint density at radius 1 is 1.00 bits per heavy atom. The molecule has 0 radical (unpaired) electrons. The summed E-state index contributed by atoms with van der Waals surface area (Å²) in [5, 5.41) is 0. The lowest BCUT2D eigenvalue weighted by Crippen LogP contribution is -2.48. The van der Waals surface area contributed by atoms with Crippen LogP contribution in [-0.2, 0) is 14.8 Å². The van der Waals surface area contributed by atoms with Crippen molar-refractivity contribution in [3.8, 4) is 0 Å². The number of rotatable bonds is 2. The highest BCUT2D eigenvalue weighted by atomic mass is 32.2. The van der Waals surface area contributed by atoms with Crippen molar-refractivity contribution in [2.45, 2.75) is 58.6 Å². The fourth-order valence-electron chi connectivity index (χ4n) is 3.02. The van der Waals surface area contributed by atoms with Crippen LogP contribution in [0.25, 0.3) is 0 Å². The summed E-state index contributed by atoms with van der Waals surface area (Å²) in [7, 11) is -3.48. The van der Waals surface area contributed by atoms with Crippen molar-refractivity contribution in [3.63, 3.8) is 0 Å². The molecule has 2 atom stereocenters. The Kier molecular flexibility index (Phi) is 4.47. The Bertz CT molecular complexity index is 616. The van der Waals surface area contributed by atoms with Gasteiger partial charge in [0.05, 0.1) is 17.1 Å². The van der Waals surface area contributed by atoms with Crippen molar-refractivity contribution in [1.29, 1.82) is 0 Å². The molecule has 2 rings (SSSR count). The van der Waals surface area contributed by atoms with Crippen LogP contribution < -0.4 is 0 Å². The zero-order valence-electron chi connectivity index (χ0n) is 13.7. The van der Waals surface area contributed by atoms with E-state index < -0.39 is 10.0 Å². The van der Waals surface area contributed by atoms with Crippen molar-refractivity contribution in [1.82, 2.24) is 4.31 Å². The average molecular weight is 311 g/mol. The molecule has 0 unspecified atom stereocenters. The number of hydrogen-bond acceptors (Lipinski definition) is 3. The van der Waals surface area contributed by atoms with E-state index >= 15 is 0 Å². The first-order valence-corrected chi connectivity index (χ1v) is 8.81. The molecule has 4 nitrogen and oxygen atoms in total. The summed E-state index contributed by atoms with van der Waals surface area (Å²) in [5.41, 5.74) is 3.74. The maximum absolute atomic E-state index is 13.1. The minimum atomic E-state index is -3.48. The van der Waals surface area contributed by atoms with Gasteiger partial charge in [0.1, 0.15) is 0 Å². The van der Waals surface area contributed by atoms with Crippen molar-refractivity contribution >= 4 is 10.0 Å². The quantitative estimate of drug-likeness (QED) is 0.843. The van der Waals surface area contributed by atoms with E-state index in [0.717, 1.165) is 22.3 Å². The van der Waals surface area contributed by atoms with Crippen LogP contribution in [0.5, 0.6) is 0 Å². The first-order valence-electron chi connectivity index (χ1n) is 7.37. The molecule has 1 aromatic rings. The highest BCUT2D eigenvalue weighted by molar-refractivity contribution is 7.89. The highest BCUT2D eigenvalue weighted by Gasteiger charge is 2.34. The highest BCUT2D eigenvalue weighted by Crippen LogP contribution is 2.30. The fraction of sp³-hybridized carbons (Fsp3) is 0.625. The molecular formula is C16H25NO3S. The molecule has 0 spiro atoms. The van der Waals surface area contributed by atoms with E-state index in [4.69, 9.17) is 4.74 Å².